The Kier molecular flexibility index (Phi) is 21.1. The van der Waals surface area contributed by atoms with Gasteiger partial charge in [0.2, 0.25) is 0 Å². The Hall–Kier alpha value is -3.62. The van der Waals surface area contributed by atoms with Gasteiger partial charge in [-0.1, -0.05) is 63.8 Å². The van der Waals surface area contributed by atoms with Gasteiger partial charge in [0.25, 0.3) is 11.8 Å². The topological polar surface area (TPSA) is 76.7 Å². The van der Waals surface area contributed by atoms with Crippen LogP contribution in [0.1, 0.15) is 89.2 Å². The van der Waals surface area contributed by atoms with Gasteiger partial charge >= 0.3 is 0 Å². The molecule has 0 bridgehead atoms. The minimum atomic E-state index is -0.131. The van der Waals surface area contributed by atoms with Crippen molar-refractivity contribution in [1.82, 2.24) is 10.6 Å². The van der Waals surface area contributed by atoms with Crippen molar-refractivity contribution in [1.29, 1.82) is 0 Å². The summed E-state index contributed by atoms with van der Waals surface area (Å²) in [7, 11) is 9.07. The van der Waals surface area contributed by atoms with E-state index in [9.17, 15) is 9.59 Å². The van der Waals surface area contributed by atoms with Crippen LogP contribution in [0.15, 0.2) is 61.7 Å². The van der Waals surface area contributed by atoms with Crippen molar-refractivity contribution in [2.24, 2.45) is 0 Å². The van der Waals surface area contributed by atoms with Crippen LogP contribution in [-0.4, -0.2) is 101 Å². The first kappa shape index (κ1) is 44.5. The fraction of sp³-hybridized carbons (Fsp3) is 0.591. The molecule has 0 spiro atoms. The molecule has 0 saturated carbocycles. The largest absolute Gasteiger partial charge is 0.483 e. The third-order valence-corrected chi connectivity index (χ3v) is 9.64. The maximum atomic E-state index is 12.8. The first-order valence-electron chi connectivity index (χ1n) is 19.8. The molecule has 0 unspecified atom stereocenters. The molecule has 52 heavy (non-hydrogen) atoms. The molecule has 0 radical (unpaired) electrons. The van der Waals surface area contributed by atoms with Gasteiger partial charge in [-0.2, -0.15) is 0 Å². The third-order valence-electron chi connectivity index (χ3n) is 9.64. The summed E-state index contributed by atoms with van der Waals surface area (Å²) in [5.41, 5.74) is 3.84. The first-order chi connectivity index (χ1) is 24.9. The summed E-state index contributed by atoms with van der Waals surface area (Å²) in [4.78, 5) is 25.5. The quantitative estimate of drug-likeness (QED) is 0.0510. The van der Waals surface area contributed by atoms with E-state index < -0.39 is 0 Å². The number of benzene rings is 2. The van der Waals surface area contributed by atoms with Gasteiger partial charge in [0.15, 0.2) is 13.2 Å². The minimum Gasteiger partial charge on any atom is -0.483 e. The second-order valence-corrected chi connectivity index (χ2v) is 15.5. The Morgan fingerprint density at radius 2 is 1.13 bits per heavy atom. The number of unbranched alkanes of at least 4 members (excludes halogenated alkanes) is 6. The lowest BCUT2D eigenvalue weighted by Crippen LogP contribution is -2.42. The Morgan fingerprint density at radius 1 is 0.635 bits per heavy atom. The highest BCUT2D eigenvalue weighted by atomic mass is 16.5. The predicted molar refractivity (Wildman–Crippen MR) is 218 cm³/mol. The maximum Gasteiger partial charge on any atom is 0.257 e. The molecule has 2 rings (SSSR count). The molecule has 0 aliphatic rings. The molecule has 0 aliphatic carbocycles. The van der Waals surface area contributed by atoms with Crippen LogP contribution in [0.3, 0.4) is 0 Å². The van der Waals surface area contributed by atoms with E-state index in [-0.39, 0.29) is 25.0 Å². The Balaban J connectivity index is 1.98. The molecule has 0 atom stereocenters. The number of hydrogen-bond acceptors (Lipinski definition) is 4. The average molecular weight is 721 g/mol. The number of carbonyl (C=O) groups is 2. The number of hydrogen-bond donors (Lipinski definition) is 2. The molecule has 290 valence electrons. The number of nitrogens with zero attached hydrogens (tertiary/aromatic N) is 2. The highest BCUT2D eigenvalue weighted by Crippen LogP contribution is 2.34. The molecule has 0 fully saturated rings. The second kappa shape index (κ2) is 24.6. The van der Waals surface area contributed by atoms with E-state index in [4.69, 9.17) is 9.47 Å². The highest BCUT2D eigenvalue weighted by molar-refractivity contribution is 5.79. The van der Waals surface area contributed by atoms with Gasteiger partial charge in [-0.05, 0) is 79.5 Å². The van der Waals surface area contributed by atoms with E-state index in [1.165, 1.54) is 51.4 Å². The molecule has 0 aromatic heterocycles. The first-order valence-corrected chi connectivity index (χ1v) is 19.8. The third kappa shape index (κ3) is 18.2. The summed E-state index contributed by atoms with van der Waals surface area (Å²) in [6.07, 6.45) is 17.0. The van der Waals surface area contributed by atoms with E-state index in [0.29, 0.717) is 37.4 Å². The summed E-state index contributed by atoms with van der Waals surface area (Å²) < 4.78 is 14.1. The van der Waals surface area contributed by atoms with Gasteiger partial charge in [-0.25, -0.2) is 0 Å². The van der Waals surface area contributed by atoms with E-state index in [2.05, 4.69) is 78.0 Å². The van der Waals surface area contributed by atoms with Crippen LogP contribution < -0.4 is 20.1 Å². The SMILES string of the molecule is C=CCc1ccc(OCC(=O)NCCC[N+](C)(C)CCCCCC)c(-c2ccc(OCC(=O)NCCC[N+](C)(C)CCCCCC)c(CC=C)c2)c1. The predicted octanol–water partition coefficient (Wildman–Crippen LogP) is 7.89. The van der Waals surface area contributed by atoms with Gasteiger partial charge in [-0.15, -0.1) is 13.2 Å². The molecule has 2 aromatic rings. The molecule has 8 nitrogen and oxygen atoms in total. The van der Waals surface area contributed by atoms with Crippen molar-refractivity contribution in [2.75, 3.05) is 80.7 Å². The zero-order chi connectivity index (χ0) is 38.2. The number of amides is 2. The number of ether oxygens (including phenoxy) is 2. The Morgan fingerprint density at radius 3 is 1.65 bits per heavy atom. The Bertz CT molecular complexity index is 1370. The highest BCUT2D eigenvalue weighted by Gasteiger charge is 2.17. The van der Waals surface area contributed by atoms with Crippen molar-refractivity contribution < 1.29 is 28.0 Å². The molecule has 2 aromatic carbocycles. The van der Waals surface area contributed by atoms with Gasteiger partial charge in [-0.3, -0.25) is 9.59 Å². The number of nitrogens with one attached hydrogen (secondary N) is 2. The normalized spacial score (nSPS) is 11.6. The zero-order valence-corrected chi connectivity index (χ0v) is 33.7. The fourth-order valence-electron chi connectivity index (χ4n) is 6.44. The summed E-state index contributed by atoms with van der Waals surface area (Å²) >= 11 is 0. The van der Waals surface area contributed by atoms with E-state index in [0.717, 1.165) is 70.2 Å². The van der Waals surface area contributed by atoms with Gasteiger partial charge in [0.05, 0.1) is 54.4 Å². The summed E-state index contributed by atoms with van der Waals surface area (Å²) in [6.45, 7) is 17.9. The molecule has 0 saturated heterocycles. The van der Waals surface area contributed by atoms with Crippen molar-refractivity contribution in [3.05, 3.63) is 72.8 Å². The summed E-state index contributed by atoms with van der Waals surface area (Å²) in [6, 6.07) is 11.9. The molecular weight excluding hydrogens is 649 g/mol. The fourth-order valence-corrected chi connectivity index (χ4v) is 6.44. The lowest BCUT2D eigenvalue weighted by molar-refractivity contribution is -0.890. The number of quaternary nitrogens is 2. The van der Waals surface area contributed by atoms with Crippen molar-refractivity contribution in [2.45, 2.75) is 90.9 Å². The minimum absolute atomic E-state index is 0.0491. The van der Waals surface area contributed by atoms with Crippen LogP contribution in [0.5, 0.6) is 11.5 Å². The van der Waals surface area contributed by atoms with Crippen molar-refractivity contribution in [3.8, 4) is 22.6 Å². The zero-order valence-electron chi connectivity index (χ0n) is 33.7. The number of rotatable bonds is 29. The monoisotopic (exact) mass is 721 g/mol. The van der Waals surface area contributed by atoms with Crippen molar-refractivity contribution in [3.63, 3.8) is 0 Å². The Labute approximate surface area is 316 Å². The van der Waals surface area contributed by atoms with Gasteiger partial charge in [0.1, 0.15) is 11.5 Å². The standard InChI is InChI=1S/C44H70N4O4/c1-9-13-15-17-29-47(5,6)31-19-27-45-43(49)35-51-41-26-24-38(34-39(41)22-12-4)40-33-37(21-11-3)23-25-42(40)52-36-44(50)46-28-20-32-48(7,8)30-18-16-14-10-2/h11-12,23-26,33-34H,3-4,9-10,13-22,27-32,35-36H2,1-2,5-8H3/p+2. The smallest absolute Gasteiger partial charge is 0.257 e. The van der Waals surface area contributed by atoms with Crippen LogP contribution in [0.25, 0.3) is 11.1 Å². The molecule has 2 amide bonds. The molecular formula is C44H72N4O4+2. The number of allylic oxidation sites excluding steroid dienone is 2. The molecule has 8 heteroatoms. The van der Waals surface area contributed by atoms with E-state index >= 15 is 0 Å². The maximum absolute atomic E-state index is 12.8. The second-order valence-electron chi connectivity index (χ2n) is 15.5. The lowest BCUT2D eigenvalue weighted by Gasteiger charge is -2.30. The summed E-state index contributed by atoms with van der Waals surface area (Å²) in [5, 5.41) is 6.06. The molecule has 2 N–H and O–H groups in total. The van der Waals surface area contributed by atoms with E-state index in [1.807, 2.05) is 36.4 Å². The lowest BCUT2D eigenvalue weighted by atomic mass is 9.97. The molecule has 0 heterocycles. The number of carbonyl (C=O) groups excluding carboxylic acids is 2. The van der Waals surface area contributed by atoms with Crippen molar-refractivity contribution >= 4 is 11.8 Å². The average Bonchev–Trinajstić information content (AvgIpc) is 3.11. The van der Waals surface area contributed by atoms with Crippen LogP contribution in [-0.2, 0) is 22.4 Å². The van der Waals surface area contributed by atoms with Gasteiger partial charge in [0, 0.05) is 31.5 Å². The van der Waals surface area contributed by atoms with Crippen LogP contribution in [0.4, 0.5) is 0 Å². The van der Waals surface area contributed by atoms with E-state index in [1.54, 1.807) is 0 Å². The van der Waals surface area contributed by atoms with Gasteiger partial charge < -0.3 is 29.1 Å². The van der Waals surface area contributed by atoms with Crippen LogP contribution in [0.2, 0.25) is 0 Å². The molecule has 0 aliphatic heterocycles. The van der Waals surface area contributed by atoms with Crippen LogP contribution >= 0.6 is 0 Å². The van der Waals surface area contributed by atoms with Crippen LogP contribution in [0, 0.1) is 0 Å². The summed E-state index contributed by atoms with van der Waals surface area (Å²) in [5.74, 6) is 1.02.